The van der Waals surface area contributed by atoms with Crippen LogP contribution in [-0.2, 0) is 11.3 Å². The monoisotopic (exact) mass is 325 g/mol. The van der Waals surface area contributed by atoms with E-state index in [0.717, 1.165) is 11.0 Å². The number of carbonyl (C=O) groups excluding carboxylic acids is 1. The Hall–Kier alpha value is -1.98. The number of carbonyl (C=O) groups is 1. The highest BCUT2D eigenvalue weighted by atomic mass is 35.5. The molecule has 0 aliphatic heterocycles. The third kappa shape index (κ3) is 4.51. The highest BCUT2D eigenvalue weighted by Gasteiger charge is 2.14. The molecule has 2 aromatic carbocycles. The van der Waals surface area contributed by atoms with E-state index in [1.54, 1.807) is 25.2 Å². The Morgan fingerprint density at radius 3 is 2.59 bits per heavy atom. The minimum atomic E-state index is -0.590. The van der Waals surface area contributed by atoms with Crippen LogP contribution in [0.15, 0.2) is 42.5 Å². The van der Waals surface area contributed by atoms with Crippen LogP contribution in [0, 0.1) is 11.6 Å². The van der Waals surface area contributed by atoms with E-state index in [9.17, 15) is 13.6 Å². The number of quaternary nitrogens is 1. The molecular weight excluding hydrogens is 310 g/mol. The fourth-order valence-corrected chi connectivity index (χ4v) is 2.25. The van der Waals surface area contributed by atoms with E-state index in [1.807, 2.05) is 0 Å². The first kappa shape index (κ1) is 16.4. The van der Waals surface area contributed by atoms with E-state index in [2.05, 4.69) is 5.32 Å². The van der Waals surface area contributed by atoms with Crippen LogP contribution in [0.3, 0.4) is 0 Å². The maximum Gasteiger partial charge on any atom is 0.279 e. The summed E-state index contributed by atoms with van der Waals surface area (Å²) in [4.78, 5) is 12.7. The molecule has 0 saturated carbocycles. The quantitative estimate of drug-likeness (QED) is 0.869. The van der Waals surface area contributed by atoms with Crippen molar-refractivity contribution in [1.82, 2.24) is 0 Å². The smallest absolute Gasteiger partial charge is 0.279 e. The standard InChI is InChI=1S/C16H15ClF2N2O/c1-21(9-11-4-2-3-5-13(11)18)10-16(22)20-15-7-6-12(17)8-14(15)19/h2-8H,9-10H2,1H3,(H,20,22)/p+1. The summed E-state index contributed by atoms with van der Waals surface area (Å²) < 4.78 is 27.1. The minimum Gasteiger partial charge on any atom is -0.326 e. The largest absolute Gasteiger partial charge is 0.326 e. The van der Waals surface area contributed by atoms with Gasteiger partial charge in [0.15, 0.2) is 6.54 Å². The normalized spacial score (nSPS) is 12.0. The van der Waals surface area contributed by atoms with Crippen LogP contribution in [0.4, 0.5) is 14.5 Å². The van der Waals surface area contributed by atoms with Crippen molar-refractivity contribution in [3.05, 3.63) is 64.7 Å². The average molecular weight is 326 g/mol. The van der Waals surface area contributed by atoms with E-state index >= 15 is 0 Å². The summed E-state index contributed by atoms with van der Waals surface area (Å²) in [5, 5.41) is 2.74. The molecule has 3 nitrogen and oxygen atoms in total. The van der Waals surface area contributed by atoms with Crippen LogP contribution in [0.25, 0.3) is 0 Å². The lowest BCUT2D eigenvalue weighted by atomic mass is 10.2. The van der Waals surface area contributed by atoms with Crippen LogP contribution in [0.1, 0.15) is 5.56 Å². The lowest BCUT2D eigenvalue weighted by molar-refractivity contribution is -0.885. The molecule has 2 N–H and O–H groups in total. The van der Waals surface area contributed by atoms with Crippen LogP contribution in [-0.4, -0.2) is 19.5 Å². The Kier molecular flexibility index (Phi) is 5.46. The van der Waals surface area contributed by atoms with E-state index in [-0.39, 0.29) is 29.0 Å². The van der Waals surface area contributed by atoms with Crippen LogP contribution in [0.2, 0.25) is 5.02 Å². The summed E-state index contributed by atoms with van der Waals surface area (Å²) in [6.07, 6.45) is 0. The van der Waals surface area contributed by atoms with Crippen LogP contribution >= 0.6 is 11.6 Å². The van der Waals surface area contributed by atoms with Gasteiger partial charge in [0.05, 0.1) is 12.7 Å². The van der Waals surface area contributed by atoms with Gasteiger partial charge in [-0.3, -0.25) is 4.79 Å². The van der Waals surface area contributed by atoms with Gasteiger partial charge in [0.1, 0.15) is 18.2 Å². The van der Waals surface area contributed by atoms with Gasteiger partial charge in [0.2, 0.25) is 0 Å². The Morgan fingerprint density at radius 1 is 1.18 bits per heavy atom. The highest BCUT2D eigenvalue weighted by Crippen LogP contribution is 2.18. The molecule has 1 atom stereocenters. The van der Waals surface area contributed by atoms with Gasteiger partial charge < -0.3 is 10.2 Å². The van der Waals surface area contributed by atoms with Gasteiger partial charge in [-0.1, -0.05) is 29.8 Å². The van der Waals surface area contributed by atoms with Gasteiger partial charge in [0, 0.05) is 10.6 Å². The lowest BCUT2D eigenvalue weighted by Gasteiger charge is -2.14. The number of nitrogens with one attached hydrogen (secondary N) is 2. The predicted octanol–water partition coefficient (Wildman–Crippen LogP) is 2.27. The first-order valence-electron chi connectivity index (χ1n) is 6.75. The Labute approximate surface area is 132 Å². The summed E-state index contributed by atoms with van der Waals surface area (Å²) >= 11 is 5.65. The number of anilines is 1. The molecule has 0 fully saturated rings. The van der Waals surface area contributed by atoms with Crippen molar-refractivity contribution >= 4 is 23.2 Å². The molecule has 1 amide bonds. The molecule has 116 valence electrons. The predicted molar refractivity (Wildman–Crippen MR) is 81.9 cm³/mol. The number of amides is 1. The topological polar surface area (TPSA) is 33.5 Å². The third-order valence-electron chi connectivity index (χ3n) is 3.12. The molecule has 0 spiro atoms. The van der Waals surface area contributed by atoms with E-state index in [4.69, 9.17) is 11.6 Å². The van der Waals surface area contributed by atoms with Gasteiger partial charge in [-0.15, -0.1) is 0 Å². The Morgan fingerprint density at radius 2 is 1.91 bits per heavy atom. The molecule has 1 unspecified atom stereocenters. The Bertz CT molecular complexity index is 679. The molecule has 0 bridgehead atoms. The van der Waals surface area contributed by atoms with Crippen molar-refractivity contribution in [1.29, 1.82) is 0 Å². The van der Waals surface area contributed by atoms with E-state index in [0.29, 0.717) is 12.1 Å². The second-order valence-electron chi connectivity index (χ2n) is 5.07. The van der Waals surface area contributed by atoms with Crippen molar-refractivity contribution < 1.29 is 18.5 Å². The zero-order valence-corrected chi connectivity index (χ0v) is 12.8. The van der Waals surface area contributed by atoms with Crippen molar-refractivity contribution in [3.8, 4) is 0 Å². The highest BCUT2D eigenvalue weighted by molar-refractivity contribution is 6.30. The molecule has 0 aromatic heterocycles. The number of likely N-dealkylation sites (N-methyl/N-ethyl adjacent to an activating group) is 1. The van der Waals surface area contributed by atoms with Gasteiger partial charge in [-0.05, 0) is 24.3 Å². The number of hydrogen-bond acceptors (Lipinski definition) is 1. The number of hydrogen-bond donors (Lipinski definition) is 2. The summed E-state index contributed by atoms with van der Waals surface area (Å²) in [5.74, 6) is -1.24. The Balaban J connectivity index is 1.93. The van der Waals surface area contributed by atoms with Crippen LogP contribution < -0.4 is 10.2 Å². The van der Waals surface area contributed by atoms with Gasteiger partial charge in [-0.2, -0.15) is 0 Å². The first-order chi connectivity index (χ1) is 10.5. The van der Waals surface area contributed by atoms with Crippen molar-refractivity contribution in [3.63, 3.8) is 0 Å². The number of halogens is 3. The van der Waals surface area contributed by atoms with Crippen molar-refractivity contribution in [2.24, 2.45) is 0 Å². The van der Waals surface area contributed by atoms with Crippen molar-refractivity contribution in [2.75, 3.05) is 18.9 Å². The number of rotatable bonds is 5. The summed E-state index contributed by atoms with van der Waals surface area (Å²) in [6, 6.07) is 10.4. The van der Waals surface area contributed by atoms with Crippen LogP contribution in [0.5, 0.6) is 0 Å². The average Bonchev–Trinajstić information content (AvgIpc) is 2.44. The summed E-state index contributed by atoms with van der Waals surface area (Å²) in [7, 11) is 1.77. The maximum absolute atomic E-state index is 13.6. The van der Waals surface area contributed by atoms with Gasteiger partial charge in [0.25, 0.3) is 5.91 Å². The second kappa shape index (κ2) is 7.33. The van der Waals surface area contributed by atoms with Gasteiger partial charge in [-0.25, -0.2) is 8.78 Å². The summed E-state index contributed by atoms with van der Waals surface area (Å²) in [6.45, 7) is 0.458. The SMILES string of the molecule is C[NH+](CC(=O)Nc1ccc(Cl)cc1F)Cc1ccccc1F. The summed E-state index contributed by atoms with van der Waals surface area (Å²) in [5.41, 5.74) is 0.610. The fraction of sp³-hybridized carbons (Fsp3) is 0.188. The molecule has 6 heteroatoms. The maximum atomic E-state index is 13.6. The van der Waals surface area contributed by atoms with Crippen molar-refractivity contribution in [2.45, 2.75) is 6.54 Å². The van der Waals surface area contributed by atoms with E-state index in [1.165, 1.54) is 18.2 Å². The second-order valence-corrected chi connectivity index (χ2v) is 5.51. The molecule has 2 rings (SSSR count). The molecule has 22 heavy (non-hydrogen) atoms. The van der Waals surface area contributed by atoms with Gasteiger partial charge >= 0.3 is 0 Å². The molecule has 0 heterocycles. The lowest BCUT2D eigenvalue weighted by Crippen LogP contribution is -3.08. The number of benzene rings is 2. The zero-order chi connectivity index (χ0) is 16.1. The van der Waals surface area contributed by atoms with E-state index < -0.39 is 5.82 Å². The molecule has 0 saturated heterocycles. The minimum absolute atomic E-state index is 0.0769. The molecule has 0 aliphatic carbocycles. The third-order valence-corrected chi connectivity index (χ3v) is 3.35. The first-order valence-corrected chi connectivity index (χ1v) is 7.13. The fourth-order valence-electron chi connectivity index (χ4n) is 2.09. The molecule has 2 aromatic rings. The molecular formula is C16H16ClF2N2O+. The zero-order valence-electron chi connectivity index (χ0n) is 12.0. The molecule has 0 aliphatic rings. The molecule has 0 radical (unpaired) electrons.